The summed E-state index contributed by atoms with van der Waals surface area (Å²) in [6, 6.07) is 5.50. The normalized spacial score (nSPS) is 11.0. The van der Waals surface area contributed by atoms with Crippen LogP contribution in [0.3, 0.4) is 0 Å². The topological polar surface area (TPSA) is 66.4 Å². The Bertz CT molecular complexity index is 443. The van der Waals surface area contributed by atoms with Crippen LogP contribution in [0, 0.1) is 0 Å². The van der Waals surface area contributed by atoms with Gasteiger partial charge in [0.1, 0.15) is 0 Å². The molecule has 0 fully saturated rings. The lowest BCUT2D eigenvalue weighted by atomic mass is 10.1. The first-order valence-corrected chi connectivity index (χ1v) is 4.48. The van der Waals surface area contributed by atoms with Crippen molar-refractivity contribution >= 4 is 11.9 Å². The number of halogens is 3. The highest BCUT2D eigenvalue weighted by molar-refractivity contribution is 5.89. The van der Waals surface area contributed by atoms with E-state index in [0.29, 0.717) is 0 Å². The van der Waals surface area contributed by atoms with E-state index < -0.39 is 24.6 Å². The molecule has 0 aliphatic carbocycles. The number of hydrogen-bond donors (Lipinski definition) is 2. The lowest BCUT2D eigenvalue weighted by Gasteiger charge is -2.09. The molecule has 1 amide bonds. The summed E-state index contributed by atoms with van der Waals surface area (Å²) in [6.45, 7) is -0.485. The molecule has 92 valence electrons. The number of carboxylic acids is 1. The van der Waals surface area contributed by atoms with Crippen LogP contribution in [0.25, 0.3) is 0 Å². The van der Waals surface area contributed by atoms with Crippen LogP contribution in [0.5, 0.6) is 0 Å². The van der Waals surface area contributed by atoms with Crippen molar-refractivity contribution in [2.75, 3.05) is 0 Å². The first kappa shape index (κ1) is 13.0. The lowest BCUT2D eigenvalue weighted by Crippen LogP contribution is -2.36. The molecular formula is C10H8F3NO3. The van der Waals surface area contributed by atoms with Gasteiger partial charge in [0.2, 0.25) is 0 Å². The van der Waals surface area contributed by atoms with E-state index in [2.05, 4.69) is 0 Å². The predicted molar refractivity (Wildman–Crippen MR) is 51.3 cm³/mol. The molecule has 0 aliphatic rings. The van der Waals surface area contributed by atoms with Crippen molar-refractivity contribution in [3.05, 3.63) is 35.4 Å². The van der Waals surface area contributed by atoms with Crippen LogP contribution in [0.15, 0.2) is 24.3 Å². The SMILES string of the molecule is O=C(O)c1ccccc1CNC(=O)C(F)(F)F. The molecule has 0 saturated heterocycles. The third-order valence-corrected chi connectivity index (χ3v) is 1.94. The minimum Gasteiger partial charge on any atom is -0.478 e. The maximum atomic E-state index is 11.9. The molecule has 0 heterocycles. The summed E-state index contributed by atoms with van der Waals surface area (Å²) in [6.07, 6.45) is -4.97. The monoisotopic (exact) mass is 247 g/mol. The largest absolute Gasteiger partial charge is 0.478 e. The standard InChI is InChI=1S/C10H8F3NO3/c11-10(12,13)9(17)14-5-6-3-1-2-4-7(6)8(15)16/h1-4H,5H2,(H,14,17)(H,15,16). The van der Waals surface area contributed by atoms with E-state index in [1.54, 1.807) is 5.32 Å². The summed E-state index contributed by atoms with van der Waals surface area (Å²) < 4.78 is 35.6. The van der Waals surface area contributed by atoms with Crippen molar-refractivity contribution in [3.8, 4) is 0 Å². The van der Waals surface area contributed by atoms with Gasteiger partial charge in [-0.1, -0.05) is 18.2 Å². The Morgan fingerprint density at radius 2 is 1.82 bits per heavy atom. The number of nitrogens with one attached hydrogen (secondary N) is 1. The number of benzene rings is 1. The van der Waals surface area contributed by atoms with Crippen molar-refractivity contribution in [2.24, 2.45) is 0 Å². The Balaban J connectivity index is 2.77. The van der Waals surface area contributed by atoms with Crippen LogP contribution in [0.1, 0.15) is 15.9 Å². The predicted octanol–water partition coefficient (Wildman–Crippen LogP) is 1.56. The van der Waals surface area contributed by atoms with Gasteiger partial charge in [-0.3, -0.25) is 4.79 Å². The summed E-state index contributed by atoms with van der Waals surface area (Å²) in [4.78, 5) is 21.3. The van der Waals surface area contributed by atoms with E-state index in [-0.39, 0.29) is 11.1 Å². The Morgan fingerprint density at radius 1 is 1.24 bits per heavy atom. The molecule has 7 heteroatoms. The molecule has 0 aromatic heterocycles. The van der Waals surface area contributed by atoms with Crippen LogP contribution < -0.4 is 5.32 Å². The van der Waals surface area contributed by atoms with E-state index in [4.69, 9.17) is 5.11 Å². The first-order chi connectivity index (χ1) is 7.82. The summed E-state index contributed by atoms with van der Waals surface area (Å²) >= 11 is 0. The van der Waals surface area contributed by atoms with Gasteiger partial charge < -0.3 is 10.4 Å². The second-order valence-electron chi connectivity index (χ2n) is 3.14. The fourth-order valence-electron chi connectivity index (χ4n) is 1.16. The first-order valence-electron chi connectivity index (χ1n) is 4.48. The quantitative estimate of drug-likeness (QED) is 0.851. The van der Waals surface area contributed by atoms with E-state index >= 15 is 0 Å². The highest BCUT2D eigenvalue weighted by Crippen LogP contribution is 2.15. The minimum atomic E-state index is -4.97. The number of rotatable bonds is 3. The Kier molecular flexibility index (Phi) is 3.72. The van der Waals surface area contributed by atoms with Crippen LogP contribution in [-0.2, 0) is 11.3 Å². The molecule has 17 heavy (non-hydrogen) atoms. The molecule has 1 aromatic rings. The Labute approximate surface area is 94.1 Å². The molecule has 0 bridgehead atoms. The molecular weight excluding hydrogens is 239 g/mol. The molecule has 0 spiro atoms. The zero-order valence-corrected chi connectivity index (χ0v) is 8.41. The van der Waals surface area contributed by atoms with Crippen LogP contribution >= 0.6 is 0 Å². The summed E-state index contributed by atoms with van der Waals surface area (Å²) in [5.74, 6) is -3.36. The van der Waals surface area contributed by atoms with E-state index in [9.17, 15) is 22.8 Å². The number of amides is 1. The number of hydrogen-bond acceptors (Lipinski definition) is 2. The van der Waals surface area contributed by atoms with Gasteiger partial charge in [0.05, 0.1) is 5.56 Å². The van der Waals surface area contributed by atoms with E-state index in [1.807, 2.05) is 0 Å². The van der Waals surface area contributed by atoms with Crippen molar-refractivity contribution in [2.45, 2.75) is 12.7 Å². The number of carboxylic acid groups (broad SMARTS) is 1. The fourth-order valence-corrected chi connectivity index (χ4v) is 1.16. The summed E-state index contributed by atoms with van der Waals surface area (Å²) in [5.41, 5.74) is -0.0347. The lowest BCUT2D eigenvalue weighted by molar-refractivity contribution is -0.173. The van der Waals surface area contributed by atoms with Crippen LogP contribution in [0.4, 0.5) is 13.2 Å². The zero-order valence-electron chi connectivity index (χ0n) is 8.41. The Morgan fingerprint density at radius 3 is 2.35 bits per heavy atom. The molecule has 0 unspecified atom stereocenters. The second-order valence-corrected chi connectivity index (χ2v) is 3.14. The molecule has 1 rings (SSSR count). The van der Waals surface area contributed by atoms with Gasteiger partial charge in [0.25, 0.3) is 0 Å². The number of carbonyl (C=O) groups is 2. The Hall–Kier alpha value is -2.05. The molecule has 0 aliphatic heterocycles. The highest BCUT2D eigenvalue weighted by atomic mass is 19.4. The van der Waals surface area contributed by atoms with Gasteiger partial charge in [-0.2, -0.15) is 13.2 Å². The fraction of sp³-hybridized carbons (Fsp3) is 0.200. The molecule has 1 aromatic carbocycles. The maximum Gasteiger partial charge on any atom is 0.471 e. The molecule has 0 radical (unpaired) electrons. The number of alkyl halides is 3. The smallest absolute Gasteiger partial charge is 0.471 e. The molecule has 0 saturated carbocycles. The zero-order chi connectivity index (χ0) is 13.1. The van der Waals surface area contributed by atoms with Crippen molar-refractivity contribution in [1.29, 1.82) is 0 Å². The third-order valence-electron chi connectivity index (χ3n) is 1.94. The summed E-state index contributed by atoms with van der Waals surface area (Å²) in [7, 11) is 0. The summed E-state index contributed by atoms with van der Waals surface area (Å²) in [5, 5.41) is 10.4. The minimum absolute atomic E-state index is 0.109. The van der Waals surface area contributed by atoms with Gasteiger partial charge in [-0.25, -0.2) is 4.79 Å². The van der Waals surface area contributed by atoms with Gasteiger partial charge in [-0.15, -0.1) is 0 Å². The molecule has 2 N–H and O–H groups in total. The van der Waals surface area contributed by atoms with Gasteiger partial charge in [0.15, 0.2) is 0 Å². The number of aromatic carboxylic acids is 1. The number of carbonyl (C=O) groups excluding carboxylic acids is 1. The van der Waals surface area contributed by atoms with Gasteiger partial charge >= 0.3 is 18.1 Å². The van der Waals surface area contributed by atoms with E-state index in [1.165, 1.54) is 24.3 Å². The molecule has 0 atom stereocenters. The highest BCUT2D eigenvalue weighted by Gasteiger charge is 2.38. The van der Waals surface area contributed by atoms with Crippen molar-refractivity contribution < 1.29 is 27.9 Å². The van der Waals surface area contributed by atoms with Crippen molar-refractivity contribution in [3.63, 3.8) is 0 Å². The average Bonchev–Trinajstić information content (AvgIpc) is 2.24. The average molecular weight is 247 g/mol. The van der Waals surface area contributed by atoms with Crippen molar-refractivity contribution in [1.82, 2.24) is 5.32 Å². The second kappa shape index (κ2) is 4.86. The third kappa shape index (κ3) is 3.47. The van der Waals surface area contributed by atoms with Gasteiger partial charge in [-0.05, 0) is 11.6 Å². The van der Waals surface area contributed by atoms with Gasteiger partial charge in [0, 0.05) is 6.54 Å². The maximum absolute atomic E-state index is 11.9. The van der Waals surface area contributed by atoms with E-state index in [0.717, 1.165) is 0 Å². The van der Waals surface area contributed by atoms with Crippen LogP contribution in [-0.4, -0.2) is 23.2 Å². The molecule has 4 nitrogen and oxygen atoms in total. The van der Waals surface area contributed by atoms with Crippen LogP contribution in [0.2, 0.25) is 0 Å².